The molecule has 1 aromatic rings. The molecule has 0 N–H and O–H groups in total. The molecule has 1 fully saturated rings. The largest absolute Gasteiger partial charge is 0.492 e. The Bertz CT molecular complexity index is 461. The first kappa shape index (κ1) is 14.9. The van der Waals surface area contributed by atoms with Crippen LogP contribution in [0.1, 0.15) is 12.5 Å². The molecule has 1 aliphatic heterocycles. The highest BCUT2D eigenvalue weighted by atomic mass is 16.5. The average molecular weight is 277 g/mol. The molecule has 20 heavy (non-hydrogen) atoms. The lowest BCUT2D eigenvalue weighted by atomic mass is 9.99. The summed E-state index contributed by atoms with van der Waals surface area (Å²) in [6.45, 7) is 7.32. The van der Waals surface area contributed by atoms with E-state index in [2.05, 4.69) is 11.8 Å². The SMILES string of the molecule is COC(=O)C1CN(CCOc2ccccc2C)CC1C. The van der Waals surface area contributed by atoms with Gasteiger partial charge in [0, 0.05) is 19.6 Å². The van der Waals surface area contributed by atoms with Gasteiger partial charge in [0.2, 0.25) is 0 Å². The van der Waals surface area contributed by atoms with Crippen LogP contribution in [0.3, 0.4) is 0 Å². The van der Waals surface area contributed by atoms with E-state index < -0.39 is 0 Å². The normalized spacial score (nSPS) is 22.8. The van der Waals surface area contributed by atoms with Crippen LogP contribution >= 0.6 is 0 Å². The highest BCUT2D eigenvalue weighted by Gasteiger charge is 2.35. The highest BCUT2D eigenvalue weighted by molar-refractivity contribution is 5.73. The fourth-order valence-electron chi connectivity index (χ4n) is 2.71. The van der Waals surface area contributed by atoms with Gasteiger partial charge < -0.3 is 9.47 Å². The molecule has 0 aromatic heterocycles. The van der Waals surface area contributed by atoms with Crippen LogP contribution in [0, 0.1) is 18.8 Å². The molecule has 1 aliphatic rings. The van der Waals surface area contributed by atoms with E-state index in [-0.39, 0.29) is 11.9 Å². The second-order valence-electron chi connectivity index (χ2n) is 5.48. The van der Waals surface area contributed by atoms with E-state index in [1.54, 1.807) is 0 Å². The van der Waals surface area contributed by atoms with Crippen LogP contribution in [0.2, 0.25) is 0 Å². The topological polar surface area (TPSA) is 38.8 Å². The van der Waals surface area contributed by atoms with Gasteiger partial charge in [-0.3, -0.25) is 9.69 Å². The standard InChI is InChI=1S/C16H23NO3/c1-12-6-4-5-7-15(12)20-9-8-17-10-13(2)14(11-17)16(18)19-3/h4-7,13-14H,8-11H2,1-3H3. The molecule has 1 aromatic carbocycles. The smallest absolute Gasteiger partial charge is 0.310 e. The van der Waals surface area contributed by atoms with Crippen molar-refractivity contribution in [3.8, 4) is 5.75 Å². The molecule has 0 amide bonds. The Morgan fingerprint density at radius 1 is 1.35 bits per heavy atom. The van der Waals surface area contributed by atoms with E-state index in [1.165, 1.54) is 7.11 Å². The van der Waals surface area contributed by atoms with Gasteiger partial charge in [-0.25, -0.2) is 0 Å². The van der Waals surface area contributed by atoms with Crippen molar-refractivity contribution in [1.29, 1.82) is 0 Å². The van der Waals surface area contributed by atoms with Gasteiger partial charge in [0.15, 0.2) is 0 Å². The third-order valence-electron chi connectivity index (χ3n) is 3.95. The molecule has 0 radical (unpaired) electrons. The van der Waals surface area contributed by atoms with Gasteiger partial charge in [0.25, 0.3) is 0 Å². The second kappa shape index (κ2) is 6.75. The van der Waals surface area contributed by atoms with Crippen molar-refractivity contribution in [3.05, 3.63) is 29.8 Å². The quantitative estimate of drug-likeness (QED) is 0.773. The lowest BCUT2D eigenvalue weighted by Crippen LogP contribution is -2.28. The number of methoxy groups -OCH3 is 1. The van der Waals surface area contributed by atoms with Gasteiger partial charge >= 0.3 is 5.97 Å². The second-order valence-corrected chi connectivity index (χ2v) is 5.48. The van der Waals surface area contributed by atoms with Crippen LogP contribution in [0.5, 0.6) is 5.75 Å². The number of carbonyl (C=O) groups is 1. The number of likely N-dealkylation sites (tertiary alicyclic amines) is 1. The van der Waals surface area contributed by atoms with Crippen LogP contribution in [-0.4, -0.2) is 44.2 Å². The summed E-state index contributed by atoms with van der Waals surface area (Å²) >= 11 is 0. The number of esters is 1. The Kier molecular flexibility index (Phi) is 5.01. The highest BCUT2D eigenvalue weighted by Crippen LogP contribution is 2.24. The zero-order valence-corrected chi connectivity index (χ0v) is 12.5. The van der Waals surface area contributed by atoms with Crippen molar-refractivity contribution in [3.63, 3.8) is 0 Å². The molecule has 1 saturated heterocycles. The summed E-state index contributed by atoms with van der Waals surface area (Å²) in [5.74, 6) is 1.18. The molecule has 0 aliphatic carbocycles. The zero-order valence-electron chi connectivity index (χ0n) is 12.5. The van der Waals surface area contributed by atoms with Crippen molar-refractivity contribution in [2.45, 2.75) is 13.8 Å². The Balaban J connectivity index is 1.78. The minimum Gasteiger partial charge on any atom is -0.492 e. The predicted octanol–water partition coefficient (Wildman–Crippen LogP) is 2.11. The number of benzene rings is 1. The summed E-state index contributed by atoms with van der Waals surface area (Å²) < 4.78 is 10.6. The number of aryl methyl sites for hydroxylation is 1. The Hall–Kier alpha value is -1.55. The summed E-state index contributed by atoms with van der Waals surface area (Å²) in [7, 11) is 1.46. The number of hydrogen-bond acceptors (Lipinski definition) is 4. The molecule has 1 heterocycles. The van der Waals surface area contributed by atoms with Crippen LogP contribution in [0.4, 0.5) is 0 Å². The van der Waals surface area contributed by atoms with Gasteiger partial charge in [0.05, 0.1) is 13.0 Å². The van der Waals surface area contributed by atoms with Crippen LogP contribution in [0.15, 0.2) is 24.3 Å². The lowest BCUT2D eigenvalue weighted by molar-refractivity contribution is -0.146. The van der Waals surface area contributed by atoms with E-state index in [4.69, 9.17) is 9.47 Å². The van der Waals surface area contributed by atoms with Gasteiger partial charge in [-0.1, -0.05) is 25.1 Å². The van der Waals surface area contributed by atoms with E-state index in [9.17, 15) is 4.79 Å². The van der Waals surface area contributed by atoms with Gasteiger partial charge in [-0.05, 0) is 24.5 Å². The molecule has 0 spiro atoms. The van der Waals surface area contributed by atoms with E-state index in [0.717, 1.165) is 30.9 Å². The molecule has 0 bridgehead atoms. The molecule has 110 valence electrons. The monoisotopic (exact) mass is 277 g/mol. The predicted molar refractivity (Wildman–Crippen MR) is 77.8 cm³/mol. The minimum atomic E-state index is -0.0974. The number of ether oxygens (including phenoxy) is 2. The molecule has 2 unspecified atom stereocenters. The maximum absolute atomic E-state index is 11.6. The third-order valence-corrected chi connectivity index (χ3v) is 3.95. The molecule has 2 atom stereocenters. The maximum atomic E-state index is 11.6. The van der Waals surface area contributed by atoms with E-state index >= 15 is 0 Å². The Labute approximate surface area is 120 Å². The van der Waals surface area contributed by atoms with Crippen molar-refractivity contribution in [2.75, 3.05) is 33.4 Å². The van der Waals surface area contributed by atoms with Gasteiger partial charge in [-0.2, -0.15) is 0 Å². The first-order chi connectivity index (χ1) is 9.61. The fourth-order valence-corrected chi connectivity index (χ4v) is 2.71. The summed E-state index contributed by atoms with van der Waals surface area (Å²) in [4.78, 5) is 13.9. The molecular weight excluding hydrogens is 254 g/mol. The van der Waals surface area contributed by atoms with Gasteiger partial charge in [0.1, 0.15) is 12.4 Å². The molecule has 2 rings (SSSR count). The molecule has 4 nitrogen and oxygen atoms in total. The summed E-state index contributed by atoms with van der Waals surface area (Å²) in [6.07, 6.45) is 0. The van der Waals surface area contributed by atoms with Crippen LogP contribution in [0.25, 0.3) is 0 Å². The maximum Gasteiger partial charge on any atom is 0.310 e. The third kappa shape index (κ3) is 3.51. The minimum absolute atomic E-state index is 0.00142. The Morgan fingerprint density at radius 3 is 2.80 bits per heavy atom. The number of hydrogen-bond donors (Lipinski definition) is 0. The number of carbonyl (C=O) groups excluding carboxylic acids is 1. The Morgan fingerprint density at radius 2 is 2.10 bits per heavy atom. The van der Waals surface area contributed by atoms with Crippen molar-refractivity contribution >= 4 is 5.97 Å². The summed E-state index contributed by atoms with van der Waals surface area (Å²) in [5.41, 5.74) is 1.15. The van der Waals surface area contributed by atoms with Crippen LogP contribution in [-0.2, 0) is 9.53 Å². The van der Waals surface area contributed by atoms with Crippen LogP contribution < -0.4 is 4.74 Å². The van der Waals surface area contributed by atoms with Crippen molar-refractivity contribution in [1.82, 2.24) is 4.90 Å². The molecular formula is C16H23NO3. The van der Waals surface area contributed by atoms with Crippen molar-refractivity contribution in [2.24, 2.45) is 11.8 Å². The first-order valence-corrected chi connectivity index (χ1v) is 7.10. The summed E-state index contributed by atoms with van der Waals surface area (Å²) in [6, 6.07) is 8.01. The van der Waals surface area contributed by atoms with E-state index in [0.29, 0.717) is 12.5 Å². The number of nitrogens with zero attached hydrogens (tertiary/aromatic N) is 1. The fraction of sp³-hybridized carbons (Fsp3) is 0.562. The molecule has 0 saturated carbocycles. The lowest BCUT2D eigenvalue weighted by Gasteiger charge is -2.16. The number of para-hydroxylation sites is 1. The molecule has 4 heteroatoms. The number of rotatable bonds is 5. The van der Waals surface area contributed by atoms with Crippen molar-refractivity contribution < 1.29 is 14.3 Å². The van der Waals surface area contributed by atoms with Gasteiger partial charge in [-0.15, -0.1) is 0 Å². The summed E-state index contributed by atoms with van der Waals surface area (Å²) in [5, 5.41) is 0. The average Bonchev–Trinajstić information content (AvgIpc) is 2.81. The van der Waals surface area contributed by atoms with E-state index in [1.807, 2.05) is 31.2 Å². The first-order valence-electron chi connectivity index (χ1n) is 7.10. The zero-order chi connectivity index (χ0) is 14.5.